The average molecular weight is 717 g/mol. The van der Waals surface area contributed by atoms with Gasteiger partial charge in [-0.15, -0.1) is 66.9 Å². The highest BCUT2D eigenvalue weighted by atomic mass is 32.1. The van der Waals surface area contributed by atoms with Crippen LogP contribution in [-0.2, 0) is 0 Å². The van der Waals surface area contributed by atoms with Gasteiger partial charge in [-0.3, -0.25) is 4.98 Å². The molecule has 0 aliphatic rings. The number of aromatic nitrogens is 6. The predicted molar refractivity (Wildman–Crippen MR) is 212 cm³/mol. The molecule has 45 heavy (non-hydrogen) atoms. The summed E-state index contributed by atoms with van der Waals surface area (Å²) in [7, 11) is 0. The summed E-state index contributed by atoms with van der Waals surface area (Å²) in [5.41, 5.74) is 6.70. The van der Waals surface area contributed by atoms with Crippen LogP contribution in [0.3, 0.4) is 0 Å². The lowest BCUT2D eigenvalue weighted by Gasteiger charge is -1.94. The molecule has 0 spiro atoms. The Balaban J connectivity index is -0.000000144. The molecule has 260 valence electrons. The molecule has 0 aliphatic carbocycles. The predicted octanol–water partition coefficient (Wildman–Crippen LogP) is 13.9. The SMILES string of the molecule is C.C.C.C.C.CC(C)c1cncs1.CC(C)c1cscn1.CC(C)c1nccs1.CC(C)c1nccs1.CC(C)c1nncs1. The van der Waals surface area contributed by atoms with Crippen molar-refractivity contribution in [2.75, 3.05) is 0 Å². The summed E-state index contributed by atoms with van der Waals surface area (Å²) in [5.74, 6) is 2.94. The minimum absolute atomic E-state index is 0. The molecule has 5 heterocycles. The monoisotopic (exact) mass is 716 g/mol. The number of thiazole rings is 4. The van der Waals surface area contributed by atoms with Gasteiger partial charge in [-0.2, -0.15) is 0 Å². The molecule has 0 aliphatic heterocycles. The van der Waals surface area contributed by atoms with Crippen LogP contribution in [0.15, 0.2) is 51.3 Å². The first kappa shape index (κ1) is 52.6. The van der Waals surface area contributed by atoms with Gasteiger partial charge in [-0.1, -0.05) is 106 Å². The lowest BCUT2D eigenvalue weighted by Crippen LogP contribution is -1.83. The molecule has 0 radical (unpaired) electrons. The van der Waals surface area contributed by atoms with E-state index in [0.29, 0.717) is 29.6 Å². The Morgan fingerprint density at radius 3 is 1.20 bits per heavy atom. The Labute approximate surface area is 297 Å². The number of hydrogen-bond acceptors (Lipinski definition) is 11. The Hall–Kier alpha value is -1.92. The fraction of sp³-hybridized carbons (Fsp3) is 0.588. The first-order valence-corrected chi connectivity index (χ1v) is 17.8. The van der Waals surface area contributed by atoms with E-state index in [9.17, 15) is 0 Å². The van der Waals surface area contributed by atoms with E-state index >= 15 is 0 Å². The van der Waals surface area contributed by atoms with Gasteiger partial charge >= 0.3 is 0 Å². The summed E-state index contributed by atoms with van der Waals surface area (Å²) >= 11 is 8.43. The summed E-state index contributed by atoms with van der Waals surface area (Å²) in [6.45, 7) is 21.5. The first-order valence-electron chi connectivity index (χ1n) is 13.3. The summed E-state index contributed by atoms with van der Waals surface area (Å²) in [5, 5.41) is 17.3. The molecule has 5 aromatic rings. The summed E-state index contributed by atoms with van der Waals surface area (Å²) in [6, 6.07) is 0. The van der Waals surface area contributed by atoms with Crippen LogP contribution in [0.4, 0.5) is 0 Å². The van der Waals surface area contributed by atoms with Crippen molar-refractivity contribution in [2.45, 2.75) is 136 Å². The smallest absolute Gasteiger partial charge is 0.119 e. The molecule has 0 amide bonds. The molecule has 0 bridgehead atoms. The maximum Gasteiger partial charge on any atom is 0.119 e. The van der Waals surface area contributed by atoms with Crippen LogP contribution >= 0.6 is 56.7 Å². The van der Waals surface area contributed by atoms with Crippen LogP contribution < -0.4 is 0 Å². The fourth-order valence-electron chi connectivity index (χ4n) is 2.49. The average Bonchev–Trinajstić information content (AvgIpc) is 3.74. The van der Waals surface area contributed by atoms with Crippen LogP contribution in [0.25, 0.3) is 0 Å². The quantitative estimate of drug-likeness (QED) is 0.180. The maximum atomic E-state index is 4.13. The molecular weight excluding hydrogens is 653 g/mol. The molecule has 0 saturated heterocycles. The largest absolute Gasteiger partial charge is 0.253 e. The molecule has 0 aromatic carbocycles. The van der Waals surface area contributed by atoms with Crippen LogP contribution in [0.1, 0.15) is 162 Å². The van der Waals surface area contributed by atoms with Crippen molar-refractivity contribution in [1.82, 2.24) is 30.1 Å². The fourth-order valence-corrected chi connectivity index (χ4v) is 5.72. The maximum absolute atomic E-state index is 4.13. The minimum Gasteiger partial charge on any atom is -0.253 e. The third-order valence-corrected chi connectivity index (χ3v) is 9.65. The first-order chi connectivity index (χ1) is 19.0. The molecule has 5 aromatic heterocycles. The van der Waals surface area contributed by atoms with Crippen molar-refractivity contribution in [1.29, 1.82) is 0 Å². The Morgan fingerprint density at radius 1 is 0.511 bits per heavy atom. The highest BCUT2D eigenvalue weighted by Crippen LogP contribution is 2.18. The van der Waals surface area contributed by atoms with Crippen molar-refractivity contribution in [3.05, 3.63) is 76.9 Å². The molecule has 5 rings (SSSR count). The van der Waals surface area contributed by atoms with Gasteiger partial charge in [-0.25, -0.2) is 15.0 Å². The normalized spacial score (nSPS) is 9.22. The zero-order chi connectivity index (χ0) is 29.9. The lowest BCUT2D eigenvalue weighted by atomic mass is 10.2. The highest BCUT2D eigenvalue weighted by molar-refractivity contribution is 7.10. The molecule has 0 unspecified atom stereocenters. The molecule has 11 heteroatoms. The minimum atomic E-state index is 0. The number of rotatable bonds is 5. The third kappa shape index (κ3) is 24.0. The zero-order valence-electron chi connectivity index (χ0n) is 25.3. The van der Waals surface area contributed by atoms with Gasteiger partial charge in [0.1, 0.15) is 10.5 Å². The summed E-state index contributed by atoms with van der Waals surface area (Å²) < 4.78 is 0. The van der Waals surface area contributed by atoms with E-state index in [2.05, 4.69) is 105 Å². The molecule has 6 nitrogen and oxygen atoms in total. The van der Waals surface area contributed by atoms with Crippen LogP contribution in [0.5, 0.6) is 0 Å². The zero-order valence-corrected chi connectivity index (χ0v) is 29.4. The highest BCUT2D eigenvalue weighted by Gasteiger charge is 2.00. The topological polar surface area (TPSA) is 77.3 Å². The second-order valence-electron chi connectivity index (χ2n) is 10.1. The van der Waals surface area contributed by atoms with Crippen LogP contribution in [0, 0.1) is 0 Å². The molecule has 0 atom stereocenters. The van der Waals surface area contributed by atoms with Gasteiger partial charge in [-0.05, 0) is 11.8 Å². The van der Waals surface area contributed by atoms with E-state index in [0.717, 1.165) is 5.01 Å². The Morgan fingerprint density at radius 2 is 1.02 bits per heavy atom. The van der Waals surface area contributed by atoms with E-state index in [1.807, 2.05) is 40.4 Å². The van der Waals surface area contributed by atoms with Gasteiger partial charge in [0.25, 0.3) is 0 Å². The lowest BCUT2D eigenvalue weighted by molar-refractivity contribution is 0.825. The van der Waals surface area contributed by atoms with Crippen LogP contribution in [0.2, 0.25) is 0 Å². The van der Waals surface area contributed by atoms with Crippen molar-refractivity contribution in [3.63, 3.8) is 0 Å². The van der Waals surface area contributed by atoms with Crippen LogP contribution in [-0.4, -0.2) is 30.1 Å². The van der Waals surface area contributed by atoms with Crippen molar-refractivity contribution in [2.24, 2.45) is 0 Å². The van der Waals surface area contributed by atoms with E-state index in [-0.39, 0.29) is 37.1 Å². The van der Waals surface area contributed by atoms with Gasteiger partial charge in [0.15, 0.2) is 0 Å². The van der Waals surface area contributed by atoms with E-state index in [1.165, 1.54) is 20.6 Å². The van der Waals surface area contributed by atoms with E-state index in [4.69, 9.17) is 0 Å². The van der Waals surface area contributed by atoms with Crippen molar-refractivity contribution >= 4 is 56.7 Å². The number of hydrogen-bond donors (Lipinski definition) is 0. The standard InChI is InChI=1S/4C6H9NS.C5H8N2S.5CH4/c1-5(2)6-3-8-4-7-6;1-5(2)6-3-7-4-8-6;2*1-5(2)6-7-3-4-8-6;1-4(2)5-7-6-3-8-5;;;;;/h4*3-5H,1-2H3;3-4H,1-2H3;5*1H4. The summed E-state index contributed by atoms with van der Waals surface area (Å²) in [4.78, 5) is 17.7. The summed E-state index contributed by atoms with van der Waals surface area (Å²) in [6.07, 6.45) is 5.62. The molecule has 0 saturated carbocycles. The van der Waals surface area contributed by atoms with Crippen molar-refractivity contribution < 1.29 is 0 Å². The van der Waals surface area contributed by atoms with E-state index in [1.54, 1.807) is 62.2 Å². The van der Waals surface area contributed by atoms with Gasteiger partial charge in [0, 0.05) is 57.4 Å². The van der Waals surface area contributed by atoms with Gasteiger partial charge < -0.3 is 0 Å². The Kier molecular flexibility index (Phi) is 35.9. The molecular formula is C34H64N6S5. The molecule has 0 fully saturated rings. The van der Waals surface area contributed by atoms with E-state index < -0.39 is 0 Å². The second kappa shape index (κ2) is 30.7. The van der Waals surface area contributed by atoms with Crippen molar-refractivity contribution in [3.8, 4) is 0 Å². The Bertz CT molecular complexity index is 944. The third-order valence-electron chi connectivity index (χ3n) is 4.82. The number of nitrogens with zero attached hydrogens (tertiary/aromatic N) is 6. The van der Waals surface area contributed by atoms with Gasteiger partial charge in [0.05, 0.1) is 26.7 Å². The second-order valence-corrected chi connectivity index (χ2v) is 14.5. The molecule has 0 N–H and O–H groups in total. The van der Waals surface area contributed by atoms with Gasteiger partial charge in [0.2, 0.25) is 0 Å².